The minimum atomic E-state index is -3.21. The number of anilines is 1. The van der Waals surface area contributed by atoms with Crippen molar-refractivity contribution in [2.45, 2.75) is 20.3 Å². The van der Waals surface area contributed by atoms with Gasteiger partial charge in [0.1, 0.15) is 14.8 Å². The Morgan fingerprint density at radius 1 is 1.32 bits per heavy atom. The Morgan fingerprint density at radius 2 is 1.89 bits per heavy atom. The Bertz CT molecular complexity index is 615. The van der Waals surface area contributed by atoms with Crippen LogP contribution < -0.4 is 5.32 Å². The number of sulfone groups is 1. The lowest BCUT2D eigenvalue weighted by Crippen LogP contribution is -2.17. The van der Waals surface area contributed by atoms with Crippen molar-refractivity contribution in [2.75, 3.05) is 17.3 Å². The molecule has 0 atom stereocenters. The smallest absolute Gasteiger partial charge is 0.338 e. The zero-order valence-electron chi connectivity index (χ0n) is 10.8. The first-order valence-electron chi connectivity index (χ1n) is 5.42. The molecule has 0 saturated carbocycles. The molecule has 1 aromatic rings. The summed E-state index contributed by atoms with van der Waals surface area (Å²) in [5.41, 5.74) is 0.672. The van der Waals surface area contributed by atoms with E-state index >= 15 is 0 Å². The van der Waals surface area contributed by atoms with Gasteiger partial charge in [0.25, 0.3) is 0 Å². The fraction of sp³-hybridized carbons (Fsp3) is 0.455. The first-order valence-corrected chi connectivity index (χ1v) is 8.30. The van der Waals surface area contributed by atoms with Crippen LogP contribution in [0.3, 0.4) is 0 Å². The molecule has 6 nitrogen and oxygen atoms in total. The van der Waals surface area contributed by atoms with Gasteiger partial charge in [-0.25, -0.2) is 13.2 Å². The molecule has 0 bridgehead atoms. The van der Waals surface area contributed by atoms with Gasteiger partial charge in [0.2, 0.25) is 5.91 Å². The van der Waals surface area contributed by atoms with Crippen molar-refractivity contribution in [3.63, 3.8) is 0 Å². The molecule has 1 rings (SSSR count). The molecule has 0 spiro atoms. The van der Waals surface area contributed by atoms with E-state index in [0.29, 0.717) is 5.56 Å². The number of carbonyl (C=O) groups excluding carboxylic acids is 1. The van der Waals surface area contributed by atoms with Gasteiger partial charge in [0.15, 0.2) is 0 Å². The average molecular weight is 305 g/mol. The van der Waals surface area contributed by atoms with E-state index < -0.39 is 21.7 Å². The van der Waals surface area contributed by atoms with Gasteiger partial charge < -0.3 is 10.4 Å². The number of carbonyl (C=O) groups is 2. The van der Waals surface area contributed by atoms with Crippen LogP contribution in [0, 0.1) is 13.8 Å². The van der Waals surface area contributed by atoms with Crippen LogP contribution >= 0.6 is 11.3 Å². The lowest BCUT2D eigenvalue weighted by molar-refractivity contribution is -0.115. The maximum Gasteiger partial charge on any atom is 0.338 e. The SMILES string of the molecule is Cc1sc(NC(=O)CCS(C)(=O)=O)c(C(=O)O)c1C. The molecular weight excluding hydrogens is 290 g/mol. The van der Waals surface area contributed by atoms with Crippen molar-refractivity contribution in [1.29, 1.82) is 0 Å². The minimum absolute atomic E-state index is 0.0650. The van der Waals surface area contributed by atoms with Crippen LogP contribution in [0.1, 0.15) is 27.2 Å². The van der Waals surface area contributed by atoms with Crippen LogP contribution in [0.15, 0.2) is 0 Å². The summed E-state index contributed by atoms with van der Waals surface area (Å²) in [6.45, 7) is 3.43. The molecule has 0 fully saturated rings. The van der Waals surface area contributed by atoms with Crippen molar-refractivity contribution >= 4 is 38.1 Å². The Labute approximate surface area is 115 Å². The molecule has 0 saturated heterocycles. The highest BCUT2D eigenvalue weighted by Gasteiger charge is 2.20. The molecule has 0 aliphatic rings. The third kappa shape index (κ3) is 4.32. The van der Waals surface area contributed by atoms with Gasteiger partial charge >= 0.3 is 5.97 Å². The van der Waals surface area contributed by atoms with Crippen LogP contribution in [0.4, 0.5) is 5.00 Å². The number of thiophene rings is 1. The first kappa shape index (κ1) is 15.6. The van der Waals surface area contributed by atoms with Crippen LogP contribution in [0.2, 0.25) is 0 Å². The molecule has 0 unspecified atom stereocenters. The normalized spacial score (nSPS) is 11.3. The molecule has 1 amide bonds. The maximum absolute atomic E-state index is 11.6. The molecule has 1 heterocycles. The molecule has 2 N–H and O–H groups in total. The lowest BCUT2D eigenvalue weighted by Gasteiger charge is -2.04. The number of rotatable bonds is 5. The second kappa shape index (κ2) is 5.70. The number of hydrogen-bond donors (Lipinski definition) is 2. The zero-order chi connectivity index (χ0) is 14.8. The van der Waals surface area contributed by atoms with Crippen LogP contribution in [-0.2, 0) is 14.6 Å². The minimum Gasteiger partial charge on any atom is -0.478 e. The summed E-state index contributed by atoms with van der Waals surface area (Å²) in [6, 6.07) is 0. The Hall–Kier alpha value is -1.41. The van der Waals surface area contributed by atoms with Crippen molar-refractivity contribution < 1.29 is 23.1 Å². The second-order valence-corrected chi connectivity index (χ2v) is 7.71. The van der Waals surface area contributed by atoms with Crippen LogP contribution in [0.5, 0.6) is 0 Å². The van der Waals surface area contributed by atoms with Crippen LogP contribution in [-0.4, -0.2) is 37.4 Å². The lowest BCUT2D eigenvalue weighted by atomic mass is 10.1. The highest BCUT2D eigenvalue weighted by Crippen LogP contribution is 2.32. The van der Waals surface area contributed by atoms with Gasteiger partial charge in [-0.1, -0.05) is 0 Å². The van der Waals surface area contributed by atoms with E-state index in [1.807, 2.05) is 0 Å². The van der Waals surface area contributed by atoms with Crippen molar-refractivity contribution in [3.8, 4) is 0 Å². The highest BCUT2D eigenvalue weighted by molar-refractivity contribution is 7.90. The summed E-state index contributed by atoms with van der Waals surface area (Å²) in [6.07, 6.45) is 0.857. The number of amides is 1. The zero-order valence-corrected chi connectivity index (χ0v) is 12.4. The molecule has 0 aliphatic carbocycles. The highest BCUT2D eigenvalue weighted by atomic mass is 32.2. The molecule has 0 radical (unpaired) electrons. The second-order valence-electron chi connectivity index (χ2n) is 4.22. The van der Waals surface area contributed by atoms with Gasteiger partial charge in [0.05, 0.1) is 11.3 Å². The number of carboxylic acid groups (broad SMARTS) is 1. The quantitative estimate of drug-likeness (QED) is 0.857. The van der Waals surface area contributed by atoms with E-state index in [1.165, 1.54) is 11.3 Å². The number of nitrogens with one attached hydrogen (secondary N) is 1. The third-order valence-corrected chi connectivity index (χ3v) is 4.62. The number of carboxylic acids is 1. The van der Waals surface area contributed by atoms with Crippen molar-refractivity contribution in [3.05, 3.63) is 16.0 Å². The van der Waals surface area contributed by atoms with E-state index in [1.54, 1.807) is 13.8 Å². The largest absolute Gasteiger partial charge is 0.478 e. The van der Waals surface area contributed by atoms with Gasteiger partial charge in [-0.05, 0) is 19.4 Å². The number of aryl methyl sites for hydroxylation is 1. The van der Waals surface area contributed by atoms with E-state index in [4.69, 9.17) is 5.11 Å². The molecule has 0 aliphatic heterocycles. The standard InChI is InChI=1S/C11H15NO5S2/c1-6-7(2)18-10(9(6)11(14)15)12-8(13)4-5-19(3,16)17/h4-5H2,1-3H3,(H,12,13)(H,14,15). The molecular formula is C11H15NO5S2. The topological polar surface area (TPSA) is 101 Å². The summed E-state index contributed by atoms with van der Waals surface area (Å²) < 4.78 is 21.9. The van der Waals surface area contributed by atoms with Gasteiger partial charge in [0, 0.05) is 17.6 Å². The summed E-state index contributed by atoms with van der Waals surface area (Å²) in [5, 5.41) is 11.8. The van der Waals surface area contributed by atoms with Crippen molar-refractivity contribution in [1.82, 2.24) is 0 Å². The monoisotopic (exact) mass is 305 g/mol. The van der Waals surface area contributed by atoms with E-state index in [2.05, 4.69) is 5.32 Å². The predicted octanol–water partition coefficient (Wildman–Crippen LogP) is 1.44. The molecule has 106 valence electrons. The Morgan fingerprint density at radius 3 is 2.37 bits per heavy atom. The third-order valence-electron chi connectivity index (χ3n) is 2.55. The molecule has 19 heavy (non-hydrogen) atoms. The summed E-state index contributed by atoms with van der Waals surface area (Å²) in [5.74, 6) is -1.88. The van der Waals surface area contributed by atoms with Crippen molar-refractivity contribution in [2.24, 2.45) is 0 Å². The van der Waals surface area contributed by atoms with Gasteiger partial charge in [-0.15, -0.1) is 11.3 Å². The van der Waals surface area contributed by atoms with Gasteiger partial charge in [-0.2, -0.15) is 0 Å². The molecule has 8 heteroatoms. The summed E-state index contributed by atoms with van der Waals surface area (Å²) >= 11 is 1.17. The van der Waals surface area contributed by atoms with Crippen LogP contribution in [0.25, 0.3) is 0 Å². The number of aromatic carboxylic acids is 1. The maximum atomic E-state index is 11.6. The average Bonchev–Trinajstić information content (AvgIpc) is 2.50. The summed E-state index contributed by atoms with van der Waals surface area (Å²) in [4.78, 5) is 23.5. The van der Waals surface area contributed by atoms with E-state index in [-0.39, 0.29) is 22.7 Å². The Balaban J connectivity index is 2.86. The molecule has 0 aromatic carbocycles. The predicted molar refractivity (Wildman–Crippen MR) is 73.7 cm³/mol. The Kier molecular flexibility index (Phi) is 4.70. The van der Waals surface area contributed by atoms with Gasteiger partial charge in [-0.3, -0.25) is 4.79 Å². The van der Waals surface area contributed by atoms with E-state index in [0.717, 1.165) is 11.1 Å². The summed E-state index contributed by atoms with van der Waals surface area (Å²) in [7, 11) is -3.21. The van der Waals surface area contributed by atoms with E-state index in [9.17, 15) is 18.0 Å². The molecule has 1 aromatic heterocycles. The fourth-order valence-corrected chi connectivity index (χ4v) is 3.06. The first-order chi connectivity index (χ1) is 8.61. The number of hydrogen-bond acceptors (Lipinski definition) is 5. The fourth-order valence-electron chi connectivity index (χ4n) is 1.44.